The number of phenolic OH excluding ortho intramolecular Hbond substituents is 2. The number of aryl methyl sites for hydroxylation is 1. The van der Waals surface area contributed by atoms with Crippen LogP contribution in [-0.4, -0.2) is 40.5 Å². The van der Waals surface area contributed by atoms with Gasteiger partial charge in [-0.25, -0.2) is 9.59 Å². The molecule has 0 unspecified atom stereocenters. The van der Waals surface area contributed by atoms with Gasteiger partial charge in [-0.1, -0.05) is 44.2 Å². The molecule has 3 N–H and O–H groups in total. The quantitative estimate of drug-likeness (QED) is 0.367. The van der Waals surface area contributed by atoms with Crippen molar-refractivity contribution in [2.75, 3.05) is 6.61 Å². The molecule has 1 amide bonds. The van der Waals surface area contributed by atoms with Crippen molar-refractivity contribution in [3.05, 3.63) is 58.7 Å². The molecule has 0 saturated heterocycles. The summed E-state index contributed by atoms with van der Waals surface area (Å²) in [6.07, 6.45) is -0.0323. The van der Waals surface area contributed by atoms with E-state index in [4.69, 9.17) is 9.47 Å². The van der Waals surface area contributed by atoms with Crippen molar-refractivity contribution in [2.45, 2.75) is 78.4 Å². The summed E-state index contributed by atoms with van der Waals surface area (Å²) in [4.78, 5) is 25.2. The Kier molecular flexibility index (Phi) is 8.59. The van der Waals surface area contributed by atoms with Gasteiger partial charge in [-0.15, -0.1) is 0 Å². The van der Waals surface area contributed by atoms with Gasteiger partial charge in [0, 0.05) is 12.0 Å². The standard InChI is InChI=1S/C27H37NO6/c1-17-15-21(29)22(18(2)23(17)30)27(6,7)13-14-33-24(31)20(16-19-11-9-8-10-12-19)28-25(32)34-26(3,4)5/h8-12,15,20,29-30H,13-14,16H2,1-7H3,(H,28,32)/t20-/m0/s1. The fraction of sp³-hybridized carbons (Fsp3) is 0.481. The summed E-state index contributed by atoms with van der Waals surface area (Å²) in [7, 11) is 0. The Labute approximate surface area is 202 Å². The molecule has 2 aromatic carbocycles. The van der Waals surface area contributed by atoms with Crippen LogP contribution in [0.3, 0.4) is 0 Å². The molecule has 34 heavy (non-hydrogen) atoms. The summed E-state index contributed by atoms with van der Waals surface area (Å²) < 4.78 is 10.9. The summed E-state index contributed by atoms with van der Waals surface area (Å²) in [6.45, 7) is 12.6. The SMILES string of the molecule is Cc1cc(O)c(C(C)(C)CCOC(=O)[C@H](Cc2ccccc2)NC(=O)OC(C)(C)C)c(C)c1O. The predicted molar refractivity (Wildman–Crippen MR) is 131 cm³/mol. The van der Waals surface area contributed by atoms with Gasteiger partial charge in [0.15, 0.2) is 0 Å². The van der Waals surface area contributed by atoms with Crippen molar-refractivity contribution < 1.29 is 29.3 Å². The van der Waals surface area contributed by atoms with E-state index in [1.54, 1.807) is 34.6 Å². The number of phenols is 2. The summed E-state index contributed by atoms with van der Waals surface area (Å²) in [5, 5.41) is 23.4. The summed E-state index contributed by atoms with van der Waals surface area (Å²) >= 11 is 0. The Morgan fingerprint density at radius 3 is 2.24 bits per heavy atom. The molecule has 0 aliphatic heterocycles. The molecule has 1 atom stereocenters. The zero-order chi connectivity index (χ0) is 25.7. The number of nitrogens with one attached hydrogen (secondary N) is 1. The van der Waals surface area contributed by atoms with Crippen molar-refractivity contribution in [1.82, 2.24) is 5.32 Å². The lowest BCUT2D eigenvalue weighted by molar-refractivity contribution is -0.146. The van der Waals surface area contributed by atoms with Crippen molar-refractivity contribution >= 4 is 12.1 Å². The molecule has 0 bridgehead atoms. The average molecular weight is 472 g/mol. The second-order valence-corrected chi connectivity index (χ2v) is 10.3. The lowest BCUT2D eigenvalue weighted by atomic mass is 9.78. The van der Waals surface area contributed by atoms with E-state index in [0.29, 0.717) is 23.1 Å². The molecule has 0 aliphatic rings. The van der Waals surface area contributed by atoms with Gasteiger partial charge in [-0.2, -0.15) is 0 Å². The zero-order valence-corrected chi connectivity index (χ0v) is 21.2. The third kappa shape index (κ3) is 7.40. The van der Waals surface area contributed by atoms with Gasteiger partial charge in [0.2, 0.25) is 0 Å². The molecule has 0 fully saturated rings. The highest BCUT2D eigenvalue weighted by Gasteiger charge is 2.30. The summed E-state index contributed by atoms with van der Waals surface area (Å²) in [5.74, 6) is -0.335. The van der Waals surface area contributed by atoms with Gasteiger partial charge < -0.3 is 25.0 Å². The number of aromatic hydroxyl groups is 2. The number of esters is 1. The Bertz CT molecular complexity index is 1010. The Morgan fingerprint density at radius 2 is 1.65 bits per heavy atom. The van der Waals surface area contributed by atoms with Crippen LogP contribution in [0.5, 0.6) is 11.5 Å². The number of rotatable bonds is 8. The fourth-order valence-corrected chi connectivity index (χ4v) is 3.93. The number of benzene rings is 2. The first-order chi connectivity index (χ1) is 15.7. The molecular weight excluding hydrogens is 434 g/mol. The zero-order valence-electron chi connectivity index (χ0n) is 21.2. The van der Waals surface area contributed by atoms with Crippen molar-refractivity contribution in [2.24, 2.45) is 0 Å². The minimum atomic E-state index is -0.918. The average Bonchev–Trinajstić information content (AvgIpc) is 2.70. The highest BCUT2D eigenvalue weighted by Crippen LogP contribution is 2.41. The van der Waals surface area contributed by atoms with Gasteiger partial charge in [-0.3, -0.25) is 0 Å². The smallest absolute Gasteiger partial charge is 0.408 e. The van der Waals surface area contributed by atoms with Crippen molar-refractivity contribution in [3.8, 4) is 11.5 Å². The maximum atomic E-state index is 12.9. The topological polar surface area (TPSA) is 105 Å². The molecule has 7 heteroatoms. The van der Waals surface area contributed by atoms with E-state index in [2.05, 4.69) is 5.32 Å². The van der Waals surface area contributed by atoms with Crippen LogP contribution < -0.4 is 5.32 Å². The molecule has 2 rings (SSSR count). The molecule has 0 aromatic heterocycles. The largest absolute Gasteiger partial charge is 0.508 e. The number of carbonyl (C=O) groups is 2. The Morgan fingerprint density at radius 1 is 1.03 bits per heavy atom. The molecule has 0 spiro atoms. The van der Waals surface area contributed by atoms with Crippen LogP contribution in [0.15, 0.2) is 36.4 Å². The minimum Gasteiger partial charge on any atom is -0.508 e. The van der Waals surface area contributed by atoms with E-state index in [1.165, 1.54) is 6.07 Å². The van der Waals surface area contributed by atoms with Crippen LogP contribution in [0.2, 0.25) is 0 Å². The van der Waals surface area contributed by atoms with Gasteiger partial charge in [0.1, 0.15) is 23.1 Å². The van der Waals surface area contributed by atoms with Crippen LogP contribution in [0, 0.1) is 13.8 Å². The van der Waals surface area contributed by atoms with Crippen molar-refractivity contribution in [3.63, 3.8) is 0 Å². The molecule has 186 valence electrons. The highest BCUT2D eigenvalue weighted by molar-refractivity contribution is 5.81. The number of hydrogen-bond donors (Lipinski definition) is 3. The van der Waals surface area contributed by atoms with Gasteiger partial charge >= 0.3 is 12.1 Å². The Balaban J connectivity index is 2.11. The molecule has 0 heterocycles. The molecule has 0 saturated carbocycles. The summed E-state index contributed by atoms with van der Waals surface area (Å²) in [5.41, 5.74) is 1.40. The third-order valence-electron chi connectivity index (χ3n) is 5.62. The van der Waals surface area contributed by atoms with Gasteiger partial charge in [0.25, 0.3) is 0 Å². The second-order valence-electron chi connectivity index (χ2n) is 10.3. The maximum absolute atomic E-state index is 12.9. The molecule has 2 aromatic rings. The number of ether oxygens (including phenoxy) is 2. The molecular formula is C27H37NO6. The number of amides is 1. The summed E-state index contributed by atoms with van der Waals surface area (Å²) in [6, 6.07) is 9.95. The first-order valence-electron chi connectivity index (χ1n) is 11.4. The van der Waals surface area contributed by atoms with E-state index < -0.39 is 29.1 Å². The molecule has 0 aliphatic carbocycles. The van der Waals surface area contributed by atoms with Crippen LogP contribution >= 0.6 is 0 Å². The van der Waals surface area contributed by atoms with Crippen LogP contribution in [0.4, 0.5) is 4.79 Å². The van der Waals surface area contributed by atoms with Gasteiger partial charge in [-0.05, 0) is 69.2 Å². The monoisotopic (exact) mass is 471 g/mol. The first-order valence-corrected chi connectivity index (χ1v) is 11.4. The maximum Gasteiger partial charge on any atom is 0.408 e. The lowest BCUT2D eigenvalue weighted by Gasteiger charge is -2.29. The predicted octanol–water partition coefficient (Wildman–Crippen LogP) is 5.06. The van der Waals surface area contributed by atoms with E-state index in [1.807, 2.05) is 44.2 Å². The number of carbonyl (C=O) groups excluding carboxylic acids is 2. The fourth-order valence-electron chi connectivity index (χ4n) is 3.93. The highest BCUT2D eigenvalue weighted by atomic mass is 16.6. The Hall–Kier alpha value is -3.22. The van der Waals surface area contributed by atoms with Crippen LogP contribution in [-0.2, 0) is 26.1 Å². The molecule has 0 radical (unpaired) electrons. The van der Waals surface area contributed by atoms with E-state index in [-0.39, 0.29) is 24.5 Å². The van der Waals surface area contributed by atoms with E-state index >= 15 is 0 Å². The molecule has 7 nitrogen and oxygen atoms in total. The minimum absolute atomic E-state index is 0.0701. The van der Waals surface area contributed by atoms with Crippen LogP contribution in [0.25, 0.3) is 0 Å². The van der Waals surface area contributed by atoms with E-state index in [9.17, 15) is 19.8 Å². The lowest BCUT2D eigenvalue weighted by Crippen LogP contribution is -2.45. The van der Waals surface area contributed by atoms with Crippen molar-refractivity contribution in [1.29, 1.82) is 0 Å². The number of alkyl carbamates (subject to hydrolysis) is 1. The first kappa shape index (κ1) is 27.0. The van der Waals surface area contributed by atoms with Gasteiger partial charge in [0.05, 0.1) is 6.61 Å². The number of hydrogen-bond acceptors (Lipinski definition) is 6. The third-order valence-corrected chi connectivity index (χ3v) is 5.62. The van der Waals surface area contributed by atoms with Crippen LogP contribution in [0.1, 0.15) is 63.3 Å². The second kappa shape index (κ2) is 10.8. The normalized spacial score (nSPS) is 12.7. The van der Waals surface area contributed by atoms with E-state index in [0.717, 1.165) is 5.56 Å².